The van der Waals surface area contributed by atoms with Gasteiger partial charge in [-0.15, -0.1) is 0 Å². The summed E-state index contributed by atoms with van der Waals surface area (Å²) in [6.07, 6.45) is 2.56. The Labute approximate surface area is 85.8 Å². The molecule has 0 radical (unpaired) electrons. The van der Waals surface area contributed by atoms with E-state index in [0.717, 1.165) is 25.8 Å². The highest BCUT2D eigenvalue weighted by atomic mass is 16.3. The van der Waals surface area contributed by atoms with Gasteiger partial charge in [0, 0.05) is 0 Å². The summed E-state index contributed by atoms with van der Waals surface area (Å²) in [6, 6.07) is 8.40. The molecule has 0 aliphatic rings. The van der Waals surface area contributed by atoms with Crippen LogP contribution in [0.25, 0.3) is 0 Å². The van der Waals surface area contributed by atoms with Gasteiger partial charge in [-0.1, -0.05) is 24.3 Å². The zero-order valence-corrected chi connectivity index (χ0v) is 8.74. The van der Waals surface area contributed by atoms with Crippen molar-refractivity contribution in [1.82, 2.24) is 0 Å². The predicted molar refractivity (Wildman–Crippen MR) is 59.2 cm³/mol. The molecule has 0 aliphatic carbocycles. The molecule has 0 heterocycles. The van der Waals surface area contributed by atoms with Crippen LogP contribution < -0.4 is 5.73 Å². The van der Waals surface area contributed by atoms with Gasteiger partial charge in [0.2, 0.25) is 0 Å². The maximum Gasteiger partial charge on any atom is 0.0552 e. The lowest BCUT2D eigenvalue weighted by molar-refractivity contribution is 0.195. The third-order valence-corrected chi connectivity index (χ3v) is 2.22. The average molecular weight is 193 g/mol. The Kier molecular flexibility index (Phi) is 4.63. The van der Waals surface area contributed by atoms with Crippen molar-refractivity contribution >= 4 is 0 Å². The highest BCUT2D eigenvalue weighted by Gasteiger charge is 1.98. The normalized spacial score (nSPS) is 12.8. The quantitative estimate of drug-likeness (QED) is 0.744. The summed E-state index contributed by atoms with van der Waals surface area (Å²) < 4.78 is 0. The van der Waals surface area contributed by atoms with Crippen molar-refractivity contribution in [2.24, 2.45) is 5.73 Å². The first-order chi connectivity index (χ1) is 6.72. The summed E-state index contributed by atoms with van der Waals surface area (Å²) in [4.78, 5) is 0. The molecule has 2 nitrogen and oxygen atoms in total. The van der Waals surface area contributed by atoms with Gasteiger partial charge in [0.25, 0.3) is 0 Å². The van der Waals surface area contributed by atoms with Crippen LogP contribution in [-0.4, -0.2) is 17.8 Å². The van der Waals surface area contributed by atoms with Gasteiger partial charge in [0.15, 0.2) is 0 Å². The van der Waals surface area contributed by atoms with E-state index in [1.807, 2.05) is 6.92 Å². The van der Waals surface area contributed by atoms with Crippen LogP contribution in [0, 0.1) is 0 Å². The van der Waals surface area contributed by atoms with Crippen LogP contribution in [-0.2, 0) is 12.8 Å². The largest absolute Gasteiger partial charge is 0.393 e. The Balaban J connectivity index is 2.50. The molecule has 78 valence electrons. The van der Waals surface area contributed by atoms with E-state index in [2.05, 4.69) is 24.3 Å². The topological polar surface area (TPSA) is 46.2 Å². The van der Waals surface area contributed by atoms with Crippen LogP contribution in [0.3, 0.4) is 0 Å². The van der Waals surface area contributed by atoms with Crippen LogP contribution in [0.4, 0.5) is 0 Å². The van der Waals surface area contributed by atoms with Crippen LogP contribution >= 0.6 is 0 Å². The molecule has 3 N–H and O–H groups in total. The molecule has 1 unspecified atom stereocenters. The van der Waals surface area contributed by atoms with Crippen molar-refractivity contribution in [1.29, 1.82) is 0 Å². The van der Waals surface area contributed by atoms with Gasteiger partial charge in [-0.05, 0) is 43.9 Å². The number of aliphatic hydroxyl groups excluding tert-OH is 1. The minimum atomic E-state index is -0.259. The number of aryl methyl sites for hydroxylation is 1. The van der Waals surface area contributed by atoms with E-state index in [0.29, 0.717) is 0 Å². The van der Waals surface area contributed by atoms with Gasteiger partial charge in [-0.2, -0.15) is 0 Å². The van der Waals surface area contributed by atoms with E-state index in [1.54, 1.807) is 0 Å². The lowest BCUT2D eigenvalue weighted by Gasteiger charge is -2.05. The van der Waals surface area contributed by atoms with Crippen molar-refractivity contribution in [2.75, 3.05) is 6.54 Å². The minimum absolute atomic E-state index is 0.259. The van der Waals surface area contributed by atoms with E-state index < -0.39 is 0 Å². The van der Waals surface area contributed by atoms with Crippen LogP contribution in [0.1, 0.15) is 24.5 Å². The first-order valence-corrected chi connectivity index (χ1v) is 5.18. The fourth-order valence-electron chi connectivity index (χ4n) is 1.49. The lowest BCUT2D eigenvalue weighted by Crippen LogP contribution is -2.04. The zero-order valence-electron chi connectivity index (χ0n) is 8.74. The number of nitrogens with two attached hydrogens (primary N) is 1. The number of hydrogen-bond acceptors (Lipinski definition) is 2. The molecule has 0 spiro atoms. The molecule has 1 aromatic rings. The van der Waals surface area contributed by atoms with Gasteiger partial charge in [-0.25, -0.2) is 0 Å². The third kappa shape index (κ3) is 3.90. The monoisotopic (exact) mass is 193 g/mol. The summed E-state index contributed by atoms with van der Waals surface area (Å²) in [5.41, 5.74) is 7.95. The summed E-state index contributed by atoms with van der Waals surface area (Å²) in [5, 5.41) is 9.20. The number of hydrogen-bond donors (Lipinski definition) is 2. The molecule has 1 aromatic carbocycles. The standard InChI is InChI=1S/C12H19NO/c1-10(14)9-12-6-4-11(5-7-12)3-2-8-13/h4-7,10,14H,2-3,8-9,13H2,1H3. The average Bonchev–Trinajstić information content (AvgIpc) is 2.16. The van der Waals surface area contributed by atoms with Crippen molar-refractivity contribution in [3.63, 3.8) is 0 Å². The molecule has 0 saturated carbocycles. The van der Waals surface area contributed by atoms with E-state index in [-0.39, 0.29) is 6.10 Å². The number of benzene rings is 1. The lowest BCUT2D eigenvalue weighted by atomic mass is 10.0. The molecule has 1 atom stereocenters. The maximum atomic E-state index is 9.20. The van der Waals surface area contributed by atoms with Crippen molar-refractivity contribution in [3.8, 4) is 0 Å². The Morgan fingerprint density at radius 1 is 1.21 bits per heavy atom. The molecule has 0 amide bonds. The van der Waals surface area contributed by atoms with Crippen molar-refractivity contribution < 1.29 is 5.11 Å². The van der Waals surface area contributed by atoms with Crippen LogP contribution in [0.15, 0.2) is 24.3 Å². The van der Waals surface area contributed by atoms with E-state index in [1.165, 1.54) is 11.1 Å². The third-order valence-electron chi connectivity index (χ3n) is 2.22. The fourth-order valence-corrected chi connectivity index (χ4v) is 1.49. The van der Waals surface area contributed by atoms with Crippen molar-refractivity contribution in [3.05, 3.63) is 35.4 Å². The highest BCUT2D eigenvalue weighted by Crippen LogP contribution is 2.08. The van der Waals surface area contributed by atoms with Gasteiger partial charge >= 0.3 is 0 Å². The SMILES string of the molecule is CC(O)Cc1ccc(CCCN)cc1. The molecule has 1 rings (SSSR count). The van der Waals surface area contributed by atoms with Crippen LogP contribution in [0.5, 0.6) is 0 Å². The van der Waals surface area contributed by atoms with Gasteiger partial charge in [0.05, 0.1) is 6.10 Å². The smallest absolute Gasteiger partial charge is 0.0552 e. The maximum absolute atomic E-state index is 9.20. The molecule has 0 saturated heterocycles. The Hall–Kier alpha value is -0.860. The second kappa shape index (κ2) is 5.78. The molecular formula is C12H19NO. The molecule has 0 aromatic heterocycles. The molecule has 0 aliphatic heterocycles. The van der Waals surface area contributed by atoms with Gasteiger partial charge in [0.1, 0.15) is 0 Å². The van der Waals surface area contributed by atoms with E-state index >= 15 is 0 Å². The molecule has 2 heteroatoms. The molecular weight excluding hydrogens is 174 g/mol. The highest BCUT2D eigenvalue weighted by molar-refractivity contribution is 5.23. The predicted octanol–water partition coefficient (Wildman–Crippen LogP) is 1.50. The molecule has 0 bridgehead atoms. The van der Waals surface area contributed by atoms with Crippen molar-refractivity contribution in [2.45, 2.75) is 32.3 Å². The zero-order chi connectivity index (χ0) is 10.4. The second-order valence-corrected chi connectivity index (χ2v) is 3.76. The van der Waals surface area contributed by atoms with Crippen LogP contribution in [0.2, 0.25) is 0 Å². The number of aliphatic hydroxyl groups is 1. The summed E-state index contributed by atoms with van der Waals surface area (Å²) in [6.45, 7) is 2.55. The fraction of sp³-hybridized carbons (Fsp3) is 0.500. The summed E-state index contributed by atoms with van der Waals surface area (Å²) >= 11 is 0. The molecule has 14 heavy (non-hydrogen) atoms. The van der Waals surface area contributed by atoms with E-state index in [9.17, 15) is 5.11 Å². The Morgan fingerprint density at radius 2 is 1.79 bits per heavy atom. The minimum Gasteiger partial charge on any atom is -0.393 e. The summed E-state index contributed by atoms with van der Waals surface area (Å²) in [5.74, 6) is 0. The second-order valence-electron chi connectivity index (χ2n) is 3.76. The summed E-state index contributed by atoms with van der Waals surface area (Å²) in [7, 11) is 0. The first kappa shape index (κ1) is 11.2. The Morgan fingerprint density at radius 3 is 2.29 bits per heavy atom. The Bertz CT molecular complexity index is 254. The number of rotatable bonds is 5. The van der Waals surface area contributed by atoms with Gasteiger partial charge in [-0.3, -0.25) is 0 Å². The van der Waals surface area contributed by atoms with Gasteiger partial charge < -0.3 is 10.8 Å². The van der Waals surface area contributed by atoms with E-state index in [4.69, 9.17) is 5.73 Å². The first-order valence-electron chi connectivity index (χ1n) is 5.18. The molecule has 0 fully saturated rings.